The second-order valence-electron chi connectivity index (χ2n) is 4.91. The summed E-state index contributed by atoms with van der Waals surface area (Å²) in [5, 5.41) is 2.48. The third-order valence-corrected chi connectivity index (χ3v) is 3.41. The molecule has 2 aromatic rings. The van der Waals surface area contributed by atoms with Crippen molar-refractivity contribution in [2.75, 3.05) is 18.8 Å². The van der Waals surface area contributed by atoms with Crippen molar-refractivity contribution in [3.63, 3.8) is 0 Å². The Morgan fingerprint density at radius 3 is 2.68 bits per heavy atom. The predicted molar refractivity (Wildman–Crippen MR) is 80.7 cm³/mol. The van der Waals surface area contributed by atoms with Gasteiger partial charge in [-0.15, -0.1) is 0 Å². The molecule has 0 atom stereocenters. The summed E-state index contributed by atoms with van der Waals surface area (Å²) in [4.78, 5) is 32.8. The lowest BCUT2D eigenvalue weighted by atomic mass is 10.1. The second kappa shape index (κ2) is 5.80. The summed E-state index contributed by atoms with van der Waals surface area (Å²) in [5.74, 6) is 0.310. The van der Waals surface area contributed by atoms with Crippen LogP contribution in [0.4, 0.5) is 10.5 Å². The SMILES string of the molecule is Nc1cnc(CCN2C(=O)CNC2=O)nc1-c1ccccc1. The highest BCUT2D eigenvalue weighted by Crippen LogP contribution is 2.22. The Kier molecular flexibility index (Phi) is 3.69. The number of hydrogen-bond acceptors (Lipinski definition) is 5. The average molecular weight is 297 g/mol. The number of rotatable bonds is 4. The number of carbonyl (C=O) groups is 2. The van der Waals surface area contributed by atoms with Crippen LogP contribution in [0.3, 0.4) is 0 Å². The zero-order valence-electron chi connectivity index (χ0n) is 11.8. The molecule has 3 N–H and O–H groups in total. The van der Waals surface area contributed by atoms with Crippen molar-refractivity contribution in [3.05, 3.63) is 42.4 Å². The van der Waals surface area contributed by atoms with Crippen molar-refractivity contribution in [2.24, 2.45) is 0 Å². The molecule has 1 aromatic carbocycles. The smallest absolute Gasteiger partial charge is 0.324 e. The first-order valence-electron chi connectivity index (χ1n) is 6.90. The number of carbonyl (C=O) groups excluding carboxylic acids is 2. The molecule has 22 heavy (non-hydrogen) atoms. The molecule has 0 saturated carbocycles. The van der Waals surface area contributed by atoms with Gasteiger partial charge in [-0.05, 0) is 0 Å². The van der Waals surface area contributed by atoms with Crippen molar-refractivity contribution in [2.45, 2.75) is 6.42 Å². The van der Waals surface area contributed by atoms with Crippen LogP contribution in [-0.2, 0) is 11.2 Å². The van der Waals surface area contributed by atoms with Gasteiger partial charge < -0.3 is 11.1 Å². The summed E-state index contributed by atoms with van der Waals surface area (Å²) < 4.78 is 0. The Hall–Kier alpha value is -2.96. The summed E-state index contributed by atoms with van der Waals surface area (Å²) in [6.07, 6.45) is 1.94. The lowest BCUT2D eigenvalue weighted by Crippen LogP contribution is -2.33. The number of urea groups is 1. The number of hydrogen-bond donors (Lipinski definition) is 2. The standard InChI is InChI=1S/C15H15N5O2/c16-11-8-17-12(6-7-20-13(21)9-18-15(20)22)19-14(11)10-4-2-1-3-5-10/h1-5,8H,6-7,9,16H2,(H,18,22). The molecule has 7 nitrogen and oxygen atoms in total. The number of nitrogens with one attached hydrogen (secondary N) is 1. The quantitative estimate of drug-likeness (QED) is 0.814. The lowest BCUT2D eigenvalue weighted by molar-refractivity contribution is -0.124. The Morgan fingerprint density at radius 2 is 2.00 bits per heavy atom. The minimum absolute atomic E-state index is 0.0523. The highest BCUT2D eigenvalue weighted by Gasteiger charge is 2.28. The first-order chi connectivity index (χ1) is 10.6. The topological polar surface area (TPSA) is 101 Å². The summed E-state index contributed by atoms with van der Waals surface area (Å²) in [6.45, 7) is 0.305. The van der Waals surface area contributed by atoms with Crippen LogP contribution in [0.1, 0.15) is 5.82 Å². The highest BCUT2D eigenvalue weighted by atomic mass is 16.2. The molecule has 112 valence electrons. The fourth-order valence-electron chi connectivity index (χ4n) is 2.27. The molecule has 1 fully saturated rings. The van der Waals surface area contributed by atoms with E-state index in [0.717, 1.165) is 5.56 Å². The minimum Gasteiger partial charge on any atom is -0.396 e. The van der Waals surface area contributed by atoms with Crippen LogP contribution in [0.5, 0.6) is 0 Å². The zero-order chi connectivity index (χ0) is 15.5. The monoisotopic (exact) mass is 297 g/mol. The van der Waals surface area contributed by atoms with Crippen molar-refractivity contribution >= 4 is 17.6 Å². The lowest BCUT2D eigenvalue weighted by Gasteiger charge is -2.12. The second-order valence-corrected chi connectivity index (χ2v) is 4.91. The van der Waals surface area contributed by atoms with Crippen molar-refractivity contribution in [3.8, 4) is 11.3 Å². The Labute approximate surface area is 127 Å². The molecule has 1 aliphatic rings. The van der Waals surface area contributed by atoms with E-state index in [9.17, 15) is 9.59 Å². The van der Waals surface area contributed by atoms with Gasteiger partial charge in [-0.2, -0.15) is 0 Å². The maximum absolute atomic E-state index is 11.5. The van der Waals surface area contributed by atoms with E-state index in [-0.39, 0.29) is 25.0 Å². The molecule has 0 spiro atoms. The fourth-order valence-corrected chi connectivity index (χ4v) is 2.27. The molecule has 1 aliphatic heterocycles. The average Bonchev–Trinajstić information content (AvgIpc) is 2.86. The maximum atomic E-state index is 11.5. The molecule has 1 saturated heterocycles. The number of amides is 3. The fraction of sp³-hybridized carbons (Fsp3) is 0.200. The van der Waals surface area contributed by atoms with Crippen LogP contribution >= 0.6 is 0 Å². The number of nitrogens with zero attached hydrogens (tertiary/aromatic N) is 3. The van der Waals surface area contributed by atoms with Crippen LogP contribution in [0.25, 0.3) is 11.3 Å². The summed E-state index contributed by atoms with van der Waals surface area (Å²) in [7, 11) is 0. The minimum atomic E-state index is -0.372. The van der Waals surface area contributed by atoms with E-state index >= 15 is 0 Å². The number of nitrogens with two attached hydrogens (primary N) is 1. The van der Waals surface area contributed by atoms with E-state index in [1.807, 2.05) is 30.3 Å². The van der Waals surface area contributed by atoms with Gasteiger partial charge in [0.2, 0.25) is 5.91 Å². The van der Waals surface area contributed by atoms with Crippen LogP contribution in [0, 0.1) is 0 Å². The van der Waals surface area contributed by atoms with Gasteiger partial charge in [0.15, 0.2) is 0 Å². The molecule has 0 aliphatic carbocycles. The van der Waals surface area contributed by atoms with Crippen molar-refractivity contribution < 1.29 is 9.59 Å². The largest absolute Gasteiger partial charge is 0.396 e. The first kappa shape index (κ1) is 14.0. The van der Waals surface area contributed by atoms with E-state index in [1.54, 1.807) is 6.20 Å². The van der Waals surface area contributed by atoms with Gasteiger partial charge in [0.25, 0.3) is 0 Å². The first-order valence-corrected chi connectivity index (χ1v) is 6.90. The van der Waals surface area contributed by atoms with E-state index < -0.39 is 0 Å². The van der Waals surface area contributed by atoms with E-state index in [4.69, 9.17) is 5.73 Å². The molecule has 7 heteroatoms. The Morgan fingerprint density at radius 1 is 1.23 bits per heavy atom. The molecule has 3 rings (SSSR count). The third kappa shape index (κ3) is 2.73. The summed E-state index contributed by atoms with van der Waals surface area (Å²) in [5.41, 5.74) is 7.98. The predicted octanol–water partition coefficient (Wildman–Crippen LogP) is 0.820. The molecular weight excluding hydrogens is 282 g/mol. The Bertz CT molecular complexity index is 701. The van der Waals surface area contributed by atoms with E-state index in [2.05, 4.69) is 15.3 Å². The van der Waals surface area contributed by atoms with Crippen LogP contribution in [-0.4, -0.2) is 39.9 Å². The van der Waals surface area contributed by atoms with Gasteiger partial charge >= 0.3 is 6.03 Å². The number of imide groups is 1. The van der Waals surface area contributed by atoms with Crippen LogP contribution in [0.2, 0.25) is 0 Å². The van der Waals surface area contributed by atoms with Gasteiger partial charge in [0, 0.05) is 18.5 Å². The number of benzene rings is 1. The Balaban J connectivity index is 1.78. The molecule has 0 bridgehead atoms. The van der Waals surface area contributed by atoms with Crippen LogP contribution < -0.4 is 11.1 Å². The van der Waals surface area contributed by atoms with Crippen LogP contribution in [0.15, 0.2) is 36.5 Å². The van der Waals surface area contributed by atoms with Gasteiger partial charge in [0.1, 0.15) is 5.82 Å². The van der Waals surface area contributed by atoms with Gasteiger partial charge in [-0.1, -0.05) is 30.3 Å². The molecule has 0 radical (unpaired) electrons. The van der Waals surface area contributed by atoms with E-state index in [0.29, 0.717) is 23.6 Å². The molecule has 0 unspecified atom stereocenters. The number of anilines is 1. The normalized spacial score (nSPS) is 14.3. The summed E-state index contributed by atoms with van der Waals surface area (Å²) >= 11 is 0. The number of aromatic nitrogens is 2. The third-order valence-electron chi connectivity index (χ3n) is 3.41. The summed E-state index contributed by atoms with van der Waals surface area (Å²) in [6, 6.07) is 9.19. The van der Waals surface area contributed by atoms with Gasteiger partial charge in [-0.3, -0.25) is 9.69 Å². The van der Waals surface area contributed by atoms with Gasteiger partial charge in [-0.25, -0.2) is 14.8 Å². The molecule has 3 amide bonds. The zero-order valence-corrected chi connectivity index (χ0v) is 11.8. The number of nitrogen functional groups attached to an aromatic ring is 1. The maximum Gasteiger partial charge on any atom is 0.324 e. The molecular formula is C15H15N5O2. The highest BCUT2D eigenvalue weighted by molar-refractivity contribution is 6.01. The molecule has 1 aromatic heterocycles. The van der Waals surface area contributed by atoms with Gasteiger partial charge in [0.05, 0.1) is 24.1 Å². The molecule has 2 heterocycles. The van der Waals surface area contributed by atoms with E-state index in [1.165, 1.54) is 4.90 Å². The van der Waals surface area contributed by atoms with Crippen molar-refractivity contribution in [1.29, 1.82) is 0 Å². The van der Waals surface area contributed by atoms with Crippen molar-refractivity contribution in [1.82, 2.24) is 20.2 Å².